The fourth-order valence-corrected chi connectivity index (χ4v) is 3.68. The molecule has 9 heteroatoms. The molecule has 0 heterocycles. The van der Waals surface area contributed by atoms with E-state index in [2.05, 4.69) is 17.6 Å². The molecule has 0 radical (unpaired) electrons. The molecule has 36 heavy (non-hydrogen) atoms. The maximum atomic E-state index is 12.6. The second kappa shape index (κ2) is 13.1. The molecule has 190 valence electrons. The zero-order valence-electron chi connectivity index (χ0n) is 20.1. The van der Waals surface area contributed by atoms with Gasteiger partial charge in [0.05, 0.1) is 24.0 Å². The van der Waals surface area contributed by atoms with Gasteiger partial charge in [0.1, 0.15) is 5.75 Å². The number of benzene rings is 2. The largest absolute Gasteiger partial charge is 0.494 e. The lowest BCUT2D eigenvalue weighted by atomic mass is 9.82. The van der Waals surface area contributed by atoms with Gasteiger partial charge in [-0.3, -0.25) is 14.4 Å². The van der Waals surface area contributed by atoms with Crippen LogP contribution in [0.2, 0.25) is 0 Å². The van der Waals surface area contributed by atoms with E-state index in [-0.39, 0.29) is 11.5 Å². The number of carbonyl (C=O) groups is 4. The zero-order chi connectivity index (χ0) is 25.9. The first kappa shape index (κ1) is 26.5. The third kappa shape index (κ3) is 7.69. The summed E-state index contributed by atoms with van der Waals surface area (Å²) in [5.74, 6) is -3.29. The molecule has 0 saturated carbocycles. The summed E-state index contributed by atoms with van der Waals surface area (Å²) in [4.78, 5) is 48.4. The molecule has 1 aliphatic carbocycles. The zero-order valence-corrected chi connectivity index (χ0v) is 20.1. The monoisotopic (exact) mass is 494 g/mol. The fourth-order valence-electron chi connectivity index (χ4n) is 3.68. The molecule has 2 amide bonds. The van der Waals surface area contributed by atoms with E-state index in [0.717, 1.165) is 12.8 Å². The molecule has 0 saturated heterocycles. The molecular formula is C27H30N2O7. The predicted octanol–water partition coefficient (Wildman–Crippen LogP) is 4.27. The van der Waals surface area contributed by atoms with Gasteiger partial charge in [0.2, 0.25) is 5.91 Å². The smallest absolute Gasteiger partial charge is 0.338 e. The van der Waals surface area contributed by atoms with Crippen molar-refractivity contribution < 1.29 is 33.8 Å². The van der Waals surface area contributed by atoms with Crippen molar-refractivity contribution >= 4 is 35.1 Å². The lowest BCUT2D eigenvalue weighted by molar-refractivity contribution is -0.146. The normalized spacial score (nSPS) is 16.6. The Morgan fingerprint density at radius 2 is 1.50 bits per heavy atom. The van der Waals surface area contributed by atoms with Gasteiger partial charge in [-0.1, -0.05) is 25.5 Å². The molecule has 2 atom stereocenters. The van der Waals surface area contributed by atoms with E-state index < -0.39 is 36.3 Å². The van der Waals surface area contributed by atoms with Crippen LogP contribution in [0, 0.1) is 11.8 Å². The Kier molecular flexibility index (Phi) is 9.62. The van der Waals surface area contributed by atoms with E-state index in [4.69, 9.17) is 9.47 Å². The fraction of sp³-hybridized carbons (Fsp3) is 0.333. The van der Waals surface area contributed by atoms with Crippen LogP contribution in [-0.4, -0.2) is 42.1 Å². The molecule has 2 aromatic rings. The third-order valence-corrected chi connectivity index (χ3v) is 5.71. The number of nitrogens with one attached hydrogen (secondary N) is 2. The number of ether oxygens (including phenoxy) is 2. The summed E-state index contributed by atoms with van der Waals surface area (Å²) in [7, 11) is 0. The summed E-state index contributed by atoms with van der Waals surface area (Å²) in [6.45, 7) is 2.26. The molecule has 0 bridgehead atoms. The minimum Gasteiger partial charge on any atom is -0.494 e. The molecule has 3 rings (SSSR count). The standard InChI is InChI=1S/C27H30N2O7/c1-2-3-16-35-21-14-12-19(13-15-21)28-24(30)17-36-27(34)18-8-10-20(11-9-18)29-25(31)22-6-4-5-7-23(22)26(32)33/h4-5,8-15,22-23H,2-3,6-7,16-17H2,1H3,(H,28,30)(H,29,31)(H,32,33)/t22-,23+/m1/s1. The highest BCUT2D eigenvalue weighted by Crippen LogP contribution is 2.27. The molecule has 9 nitrogen and oxygen atoms in total. The van der Waals surface area contributed by atoms with Crippen LogP contribution in [0.1, 0.15) is 43.0 Å². The minimum atomic E-state index is -1.00. The Hall–Kier alpha value is -4.14. The highest BCUT2D eigenvalue weighted by Gasteiger charge is 2.33. The number of aliphatic carboxylic acids is 1. The van der Waals surface area contributed by atoms with E-state index in [1.54, 1.807) is 36.4 Å². The lowest BCUT2D eigenvalue weighted by Gasteiger charge is -2.24. The molecule has 0 aliphatic heterocycles. The summed E-state index contributed by atoms with van der Waals surface area (Å²) in [6, 6.07) is 12.9. The molecule has 0 fully saturated rings. The summed E-state index contributed by atoms with van der Waals surface area (Å²) in [6.07, 6.45) is 6.24. The van der Waals surface area contributed by atoms with Gasteiger partial charge in [0.25, 0.3) is 5.91 Å². The van der Waals surface area contributed by atoms with Crippen LogP contribution >= 0.6 is 0 Å². The number of unbranched alkanes of at least 4 members (excludes halogenated alkanes) is 1. The van der Waals surface area contributed by atoms with Gasteiger partial charge in [-0.05, 0) is 67.8 Å². The van der Waals surface area contributed by atoms with Crippen molar-refractivity contribution in [3.05, 3.63) is 66.2 Å². The van der Waals surface area contributed by atoms with Crippen molar-refractivity contribution in [1.82, 2.24) is 0 Å². The van der Waals surface area contributed by atoms with E-state index in [9.17, 15) is 24.3 Å². The molecule has 1 aliphatic rings. The first-order valence-electron chi connectivity index (χ1n) is 11.9. The van der Waals surface area contributed by atoms with Crippen molar-refractivity contribution in [3.8, 4) is 5.75 Å². The summed E-state index contributed by atoms with van der Waals surface area (Å²) >= 11 is 0. The van der Waals surface area contributed by atoms with Crippen LogP contribution < -0.4 is 15.4 Å². The maximum Gasteiger partial charge on any atom is 0.338 e. The van der Waals surface area contributed by atoms with Crippen LogP contribution in [0.5, 0.6) is 5.75 Å². The summed E-state index contributed by atoms with van der Waals surface area (Å²) < 4.78 is 10.6. The Bertz CT molecular complexity index is 1090. The Morgan fingerprint density at radius 1 is 0.889 bits per heavy atom. The van der Waals surface area contributed by atoms with Gasteiger partial charge < -0.3 is 25.2 Å². The summed E-state index contributed by atoms with van der Waals surface area (Å²) in [5.41, 5.74) is 1.19. The van der Waals surface area contributed by atoms with Gasteiger partial charge in [-0.15, -0.1) is 0 Å². The Labute approximate surface area is 209 Å². The molecule has 0 spiro atoms. The predicted molar refractivity (Wildman–Crippen MR) is 134 cm³/mol. The average Bonchev–Trinajstić information content (AvgIpc) is 2.89. The van der Waals surface area contributed by atoms with Crippen molar-refractivity contribution in [3.63, 3.8) is 0 Å². The first-order chi connectivity index (χ1) is 17.4. The highest BCUT2D eigenvalue weighted by atomic mass is 16.5. The third-order valence-electron chi connectivity index (χ3n) is 5.71. The van der Waals surface area contributed by atoms with Gasteiger partial charge >= 0.3 is 11.9 Å². The second-order valence-corrected chi connectivity index (χ2v) is 8.41. The summed E-state index contributed by atoms with van der Waals surface area (Å²) in [5, 5.41) is 14.7. The number of rotatable bonds is 11. The second-order valence-electron chi connectivity index (χ2n) is 8.41. The maximum absolute atomic E-state index is 12.6. The highest BCUT2D eigenvalue weighted by molar-refractivity contribution is 5.97. The van der Waals surface area contributed by atoms with Gasteiger partial charge in [0, 0.05) is 11.4 Å². The number of carboxylic acid groups (broad SMARTS) is 1. The Balaban J connectivity index is 1.45. The van der Waals surface area contributed by atoms with E-state index in [0.29, 0.717) is 36.6 Å². The van der Waals surface area contributed by atoms with Crippen LogP contribution in [0.3, 0.4) is 0 Å². The van der Waals surface area contributed by atoms with E-state index >= 15 is 0 Å². The first-order valence-corrected chi connectivity index (χ1v) is 11.9. The molecular weight excluding hydrogens is 464 g/mol. The molecule has 2 aromatic carbocycles. The van der Waals surface area contributed by atoms with Crippen molar-refractivity contribution in [2.75, 3.05) is 23.8 Å². The number of amides is 2. The van der Waals surface area contributed by atoms with Crippen LogP contribution in [-0.2, 0) is 19.1 Å². The van der Waals surface area contributed by atoms with Crippen molar-refractivity contribution in [2.45, 2.75) is 32.6 Å². The van der Waals surface area contributed by atoms with Gasteiger partial charge in [-0.25, -0.2) is 4.79 Å². The minimum absolute atomic E-state index is 0.207. The lowest BCUT2D eigenvalue weighted by Crippen LogP contribution is -2.34. The molecule has 0 aromatic heterocycles. The topological polar surface area (TPSA) is 131 Å². The van der Waals surface area contributed by atoms with E-state index in [1.807, 2.05) is 0 Å². The van der Waals surface area contributed by atoms with Crippen LogP contribution in [0.4, 0.5) is 11.4 Å². The van der Waals surface area contributed by atoms with Crippen LogP contribution in [0.25, 0.3) is 0 Å². The van der Waals surface area contributed by atoms with Crippen molar-refractivity contribution in [1.29, 1.82) is 0 Å². The average molecular weight is 495 g/mol. The van der Waals surface area contributed by atoms with Crippen molar-refractivity contribution in [2.24, 2.45) is 11.8 Å². The van der Waals surface area contributed by atoms with Gasteiger partial charge in [0.15, 0.2) is 6.61 Å². The van der Waals surface area contributed by atoms with Crippen LogP contribution in [0.15, 0.2) is 60.7 Å². The molecule has 3 N–H and O–H groups in total. The number of esters is 1. The number of carbonyl (C=O) groups excluding carboxylic acids is 3. The SMILES string of the molecule is CCCCOc1ccc(NC(=O)COC(=O)c2ccc(NC(=O)[C@@H]3CC=CC[C@@H]3C(=O)O)cc2)cc1. The van der Waals surface area contributed by atoms with Gasteiger partial charge in [-0.2, -0.15) is 0 Å². The number of anilines is 2. The van der Waals surface area contributed by atoms with E-state index in [1.165, 1.54) is 24.3 Å². The number of hydrogen-bond donors (Lipinski definition) is 3. The number of carboxylic acids is 1. The Morgan fingerprint density at radius 3 is 2.14 bits per heavy atom. The molecule has 0 unspecified atom stereocenters. The number of allylic oxidation sites excluding steroid dienone is 2. The quantitative estimate of drug-likeness (QED) is 0.242. The number of hydrogen-bond acceptors (Lipinski definition) is 6.